The van der Waals surface area contributed by atoms with E-state index in [1.54, 1.807) is 31.2 Å². The van der Waals surface area contributed by atoms with E-state index in [9.17, 15) is 10.1 Å². The molecule has 1 aromatic heterocycles. The molecule has 1 amide bonds. The Morgan fingerprint density at radius 3 is 2.56 bits per heavy atom. The van der Waals surface area contributed by atoms with Crippen LogP contribution in [0.15, 0.2) is 44.4 Å². The van der Waals surface area contributed by atoms with Gasteiger partial charge in [-0.1, -0.05) is 29.3 Å². The van der Waals surface area contributed by atoms with E-state index in [0.29, 0.717) is 47.3 Å². The fraction of sp³-hybridized carbons (Fsp3) is 0.231. The van der Waals surface area contributed by atoms with E-state index in [1.165, 1.54) is 20.4 Å². The van der Waals surface area contributed by atoms with Crippen molar-refractivity contribution < 1.29 is 23.7 Å². The first-order chi connectivity index (χ1) is 18.7. The molecule has 0 aliphatic carbocycles. The van der Waals surface area contributed by atoms with Crippen LogP contribution in [0.3, 0.4) is 0 Å². The average molecular weight is 701 g/mol. The van der Waals surface area contributed by atoms with Gasteiger partial charge in [0.2, 0.25) is 5.88 Å². The number of ether oxygens (including phenoxy) is 4. The van der Waals surface area contributed by atoms with Crippen molar-refractivity contribution in [1.82, 2.24) is 10.4 Å². The predicted molar refractivity (Wildman–Crippen MR) is 155 cm³/mol. The monoisotopic (exact) mass is 698 g/mol. The van der Waals surface area contributed by atoms with E-state index >= 15 is 0 Å². The van der Waals surface area contributed by atoms with Gasteiger partial charge in [-0.15, -0.1) is 0 Å². The maximum Gasteiger partial charge on any atom is 0.278 e. The quantitative estimate of drug-likeness (QED) is 0.183. The van der Waals surface area contributed by atoms with Crippen LogP contribution in [0.2, 0.25) is 10.0 Å². The van der Waals surface area contributed by atoms with Gasteiger partial charge in [0.15, 0.2) is 18.1 Å². The lowest BCUT2D eigenvalue weighted by molar-refractivity contribution is -0.123. The summed E-state index contributed by atoms with van der Waals surface area (Å²) in [6, 6.07) is 10.7. The second-order valence-corrected chi connectivity index (χ2v) is 10.3. The number of halogens is 4. The summed E-state index contributed by atoms with van der Waals surface area (Å²) in [5, 5.41) is 14.5. The first-order valence-corrected chi connectivity index (χ1v) is 13.5. The number of hydrogen-bond donors (Lipinski definition) is 1. The highest BCUT2D eigenvalue weighted by Crippen LogP contribution is 2.34. The summed E-state index contributed by atoms with van der Waals surface area (Å²) in [5.74, 6) is 0.439. The summed E-state index contributed by atoms with van der Waals surface area (Å²) in [6.45, 7) is 1.77. The van der Waals surface area contributed by atoms with Gasteiger partial charge in [0.05, 0.1) is 35.7 Å². The fourth-order valence-electron chi connectivity index (χ4n) is 3.27. The number of nitriles is 1. The molecule has 1 heterocycles. The molecule has 0 atom stereocenters. The van der Waals surface area contributed by atoms with E-state index < -0.39 is 12.5 Å². The zero-order valence-corrected chi connectivity index (χ0v) is 25.7. The second kappa shape index (κ2) is 14.5. The Morgan fingerprint density at radius 1 is 1.13 bits per heavy atom. The Balaban J connectivity index is 1.64. The number of hydrazone groups is 1. The molecule has 13 heteroatoms. The van der Waals surface area contributed by atoms with Crippen LogP contribution in [0.25, 0.3) is 0 Å². The number of carbonyl (C=O) groups is 1. The Kier molecular flexibility index (Phi) is 11.4. The zero-order chi connectivity index (χ0) is 28.5. The minimum absolute atomic E-state index is 0.0355. The van der Waals surface area contributed by atoms with Crippen LogP contribution < -0.4 is 19.6 Å². The summed E-state index contributed by atoms with van der Waals surface area (Å²) < 4.78 is 23.3. The minimum atomic E-state index is -0.546. The van der Waals surface area contributed by atoms with E-state index in [2.05, 4.69) is 53.4 Å². The molecule has 3 rings (SSSR count). The molecule has 0 fully saturated rings. The number of rotatable bonds is 11. The predicted octanol–water partition coefficient (Wildman–Crippen LogP) is 6.36. The molecule has 0 unspecified atom stereocenters. The van der Waals surface area contributed by atoms with Gasteiger partial charge >= 0.3 is 0 Å². The third kappa shape index (κ3) is 8.06. The number of nitrogens with zero attached hydrogens (tertiary/aromatic N) is 3. The van der Waals surface area contributed by atoms with Crippen LogP contribution in [0.5, 0.6) is 17.4 Å². The lowest BCUT2D eigenvalue weighted by Gasteiger charge is -2.13. The highest BCUT2D eigenvalue weighted by atomic mass is 79.9. The van der Waals surface area contributed by atoms with Gasteiger partial charge in [-0.3, -0.25) is 4.79 Å². The Hall–Kier alpha value is -2.88. The summed E-state index contributed by atoms with van der Waals surface area (Å²) in [6.07, 6.45) is 1.44. The van der Waals surface area contributed by atoms with Gasteiger partial charge in [0.1, 0.15) is 18.2 Å². The number of hydrogen-bond acceptors (Lipinski definition) is 8. The molecule has 204 valence electrons. The van der Waals surface area contributed by atoms with Crippen LogP contribution in [-0.2, 0) is 22.7 Å². The van der Waals surface area contributed by atoms with Crippen molar-refractivity contribution >= 4 is 67.2 Å². The van der Waals surface area contributed by atoms with Crippen LogP contribution in [0.4, 0.5) is 0 Å². The fourth-order valence-corrected chi connectivity index (χ4v) is 4.41. The number of benzene rings is 2. The van der Waals surface area contributed by atoms with Crippen molar-refractivity contribution in [2.45, 2.75) is 20.1 Å². The molecule has 2 aromatic carbocycles. The van der Waals surface area contributed by atoms with Gasteiger partial charge in [0, 0.05) is 27.2 Å². The first-order valence-electron chi connectivity index (χ1n) is 11.1. The van der Waals surface area contributed by atoms with Gasteiger partial charge in [-0.25, -0.2) is 10.4 Å². The molecule has 0 spiro atoms. The van der Waals surface area contributed by atoms with Crippen LogP contribution in [0, 0.1) is 18.3 Å². The third-order valence-electron chi connectivity index (χ3n) is 5.16. The number of amides is 1. The smallest absolute Gasteiger partial charge is 0.278 e. The van der Waals surface area contributed by atoms with Crippen molar-refractivity contribution in [3.63, 3.8) is 0 Å². The number of carbonyl (C=O) groups excluding carboxylic acids is 1. The van der Waals surface area contributed by atoms with Crippen LogP contribution in [-0.4, -0.2) is 37.9 Å². The molecular formula is C26H22Br2Cl2N4O5. The van der Waals surface area contributed by atoms with Crippen molar-refractivity contribution in [3.05, 3.63) is 77.3 Å². The van der Waals surface area contributed by atoms with Gasteiger partial charge in [-0.2, -0.15) is 10.4 Å². The topological polar surface area (TPSA) is 115 Å². The molecule has 1 N–H and O–H groups in total. The molecule has 0 bridgehead atoms. The van der Waals surface area contributed by atoms with Crippen molar-refractivity contribution in [2.75, 3.05) is 20.8 Å². The maximum absolute atomic E-state index is 12.3. The lowest BCUT2D eigenvalue weighted by Crippen LogP contribution is -2.25. The highest BCUT2D eigenvalue weighted by Gasteiger charge is 2.18. The normalized spacial score (nSPS) is 10.8. The van der Waals surface area contributed by atoms with E-state index in [-0.39, 0.29) is 24.7 Å². The molecule has 0 saturated heterocycles. The molecule has 0 radical (unpaired) electrons. The Bertz CT molecular complexity index is 1450. The SMILES string of the molecule is COCc1c(Br)c(C)nc(OCC(=O)N/N=C/c2cc(OC)c(OCc3ccc(Cl)c(Cl)c3)cc2Br)c1C#N. The molecule has 3 aromatic rings. The highest BCUT2D eigenvalue weighted by molar-refractivity contribution is 9.10. The summed E-state index contributed by atoms with van der Waals surface area (Å²) in [7, 11) is 3.03. The summed E-state index contributed by atoms with van der Waals surface area (Å²) in [4.78, 5) is 16.6. The molecule has 9 nitrogen and oxygen atoms in total. The number of aryl methyl sites for hydroxylation is 1. The number of nitrogens with one attached hydrogen (secondary N) is 1. The zero-order valence-electron chi connectivity index (χ0n) is 21.0. The molecule has 39 heavy (non-hydrogen) atoms. The van der Waals surface area contributed by atoms with E-state index in [0.717, 1.165) is 5.56 Å². The van der Waals surface area contributed by atoms with E-state index in [1.807, 2.05) is 6.07 Å². The number of aromatic nitrogens is 1. The first kappa shape index (κ1) is 30.7. The van der Waals surface area contributed by atoms with Gasteiger partial charge in [-0.05, 0) is 68.6 Å². The molecule has 0 aliphatic heterocycles. The van der Waals surface area contributed by atoms with Crippen molar-refractivity contribution in [1.29, 1.82) is 5.26 Å². The number of pyridine rings is 1. The largest absolute Gasteiger partial charge is 0.493 e. The average Bonchev–Trinajstić information content (AvgIpc) is 2.91. The van der Waals surface area contributed by atoms with Crippen LogP contribution >= 0.6 is 55.1 Å². The second-order valence-electron chi connectivity index (χ2n) is 7.86. The van der Waals surface area contributed by atoms with Gasteiger partial charge < -0.3 is 18.9 Å². The Morgan fingerprint density at radius 2 is 1.90 bits per heavy atom. The summed E-state index contributed by atoms with van der Waals surface area (Å²) in [5.41, 5.74) is 5.21. The van der Waals surface area contributed by atoms with Crippen LogP contribution in [0.1, 0.15) is 27.9 Å². The standard InChI is InChI=1S/C26H22Br2Cl2N4O5/c1-14-25(28)18(12-36-2)17(9-31)26(33-14)39-13-24(35)34-32-10-16-7-22(37-3)23(8-19(16)27)38-11-15-4-5-20(29)21(30)6-15/h4-8,10H,11-13H2,1-3H3,(H,34,35)/b32-10+. The Labute approximate surface area is 252 Å². The van der Waals surface area contributed by atoms with Crippen molar-refractivity contribution in [3.8, 4) is 23.4 Å². The molecule has 0 saturated carbocycles. The maximum atomic E-state index is 12.3. The number of methoxy groups -OCH3 is 2. The third-order valence-corrected chi connectivity index (χ3v) is 7.64. The molecular weight excluding hydrogens is 679 g/mol. The molecule has 0 aliphatic rings. The van der Waals surface area contributed by atoms with Gasteiger partial charge in [0.25, 0.3) is 5.91 Å². The minimum Gasteiger partial charge on any atom is -0.493 e. The lowest BCUT2D eigenvalue weighted by atomic mass is 10.1. The van der Waals surface area contributed by atoms with Crippen molar-refractivity contribution in [2.24, 2.45) is 5.10 Å². The van der Waals surface area contributed by atoms with E-state index in [4.69, 9.17) is 42.1 Å². The summed E-state index contributed by atoms with van der Waals surface area (Å²) >= 11 is 18.9.